The number of hydrogen-bond acceptors (Lipinski definition) is 2. The Morgan fingerprint density at radius 3 is 2.73 bits per heavy atom. The van der Waals surface area contributed by atoms with Crippen LogP contribution in [0.1, 0.15) is 18.9 Å². The van der Waals surface area contributed by atoms with Gasteiger partial charge in [-0.15, -0.1) is 0 Å². The van der Waals surface area contributed by atoms with Crippen molar-refractivity contribution in [3.8, 4) is 12.0 Å². The molecule has 0 saturated heterocycles. The van der Waals surface area contributed by atoms with Crippen molar-refractivity contribution in [2.24, 2.45) is 0 Å². The molecule has 0 heterocycles. The Bertz CT molecular complexity index is 321. The Hall–Kier alpha value is -1.46. The molecule has 0 amide bonds. The second kappa shape index (κ2) is 6.92. The maximum Gasteiger partial charge on any atom is 0.118 e. The number of aliphatic hydroxyl groups excluding tert-OH is 1. The van der Waals surface area contributed by atoms with Crippen LogP contribution in [0.3, 0.4) is 0 Å². The third kappa shape index (κ3) is 5.09. The molecule has 0 aliphatic carbocycles. The first-order valence-electron chi connectivity index (χ1n) is 5.17. The summed E-state index contributed by atoms with van der Waals surface area (Å²) in [6.45, 7) is 2.42. The number of aryl methyl sites for hydroxylation is 1. The van der Waals surface area contributed by atoms with Crippen LogP contribution in [-0.2, 0) is 11.2 Å². The van der Waals surface area contributed by atoms with Crippen LogP contribution in [0.5, 0.6) is 0 Å². The molecule has 1 rings (SSSR count). The summed E-state index contributed by atoms with van der Waals surface area (Å²) in [7, 11) is 0. The van der Waals surface area contributed by atoms with E-state index in [2.05, 4.69) is 12.0 Å². The standard InChI is InChI=1S/C13H16O2/c1-2-15-11-10-13(14)9-8-12-6-4-3-5-7-12/h3-7,13-14H,2,8-9H2,1H3. The van der Waals surface area contributed by atoms with E-state index >= 15 is 0 Å². The molecule has 2 nitrogen and oxygen atoms in total. The summed E-state index contributed by atoms with van der Waals surface area (Å²) >= 11 is 0. The fraction of sp³-hybridized carbons (Fsp3) is 0.385. The summed E-state index contributed by atoms with van der Waals surface area (Å²) in [6.07, 6.45) is 3.35. The van der Waals surface area contributed by atoms with E-state index in [1.165, 1.54) is 5.56 Å². The fourth-order valence-corrected chi connectivity index (χ4v) is 1.20. The summed E-state index contributed by atoms with van der Waals surface area (Å²) in [5, 5.41) is 9.48. The van der Waals surface area contributed by atoms with Gasteiger partial charge in [0.05, 0.1) is 6.61 Å². The van der Waals surface area contributed by atoms with Gasteiger partial charge in [0.2, 0.25) is 0 Å². The maximum absolute atomic E-state index is 9.48. The molecule has 80 valence electrons. The zero-order valence-electron chi connectivity index (χ0n) is 8.94. The molecule has 0 aliphatic rings. The summed E-state index contributed by atoms with van der Waals surface area (Å²) < 4.78 is 4.84. The first kappa shape index (κ1) is 11.6. The largest absolute Gasteiger partial charge is 0.447 e. The van der Waals surface area contributed by atoms with Crippen molar-refractivity contribution in [1.29, 1.82) is 0 Å². The van der Waals surface area contributed by atoms with Gasteiger partial charge in [-0.2, -0.15) is 0 Å². The molecular formula is C13H16O2. The minimum atomic E-state index is -0.600. The van der Waals surface area contributed by atoms with E-state index in [0.717, 1.165) is 6.42 Å². The lowest BCUT2D eigenvalue weighted by Gasteiger charge is -2.02. The molecule has 15 heavy (non-hydrogen) atoms. The smallest absolute Gasteiger partial charge is 0.118 e. The Morgan fingerprint density at radius 2 is 2.07 bits per heavy atom. The van der Waals surface area contributed by atoms with Crippen LogP contribution in [0, 0.1) is 12.0 Å². The van der Waals surface area contributed by atoms with Crippen LogP contribution in [0.25, 0.3) is 0 Å². The average molecular weight is 204 g/mol. The Balaban J connectivity index is 2.29. The molecule has 0 fully saturated rings. The van der Waals surface area contributed by atoms with Gasteiger partial charge in [-0.05, 0) is 31.2 Å². The van der Waals surface area contributed by atoms with E-state index in [9.17, 15) is 5.11 Å². The highest BCUT2D eigenvalue weighted by molar-refractivity contribution is 5.15. The van der Waals surface area contributed by atoms with E-state index in [0.29, 0.717) is 13.0 Å². The van der Waals surface area contributed by atoms with Crippen LogP contribution in [0.2, 0.25) is 0 Å². The lowest BCUT2D eigenvalue weighted by molar-refractivity contribution is 0.218. The number of rotatable bonds is 4. The zero-order chi connectivity index (χ0) is 10.9. The van der Waals surface area contributed by atoms with Gasteiger partial charge in [-0.25, -0.2) is 0 Å². The molecule has 1 atom stereocenters. The van der Waals surface area contributed by atoms with Crippen molar-refractivity contribution in [2.75, 3.05) is 6.61 Å². The molecule has 1 N–H and O–H groups in total. The Kier molecular flexibility index (Phi) is 5.35. The first-order valence-corrected chi connectivity index (χ1v) is 5.17. The summed E-state index contributed by atoms with van der Waals surface area (Å²) in [4.78, 5) is 0. The predicted molar refractivity (Wildman–Crippen MR) is 60.2 cm³/mol. The summed E-state index contributed by atoms with van der Waals surface area (Å²) in [5.74, 6) is 2.64. The highest BCUT2D eigenvalue weighted by Crippen LogP contribution is 2.04. The van der Waals surface area contributed by atoms with Gasteiger partial charge in [-0.3, -0.25) is 0 Å². The molecule has 0 aromatic heterocycles. The third-order valence-electron chi connectivity index (χ3n) is 1.99. The summed E-state index contributed by atoms with van der Waals surface area (Å²) in [5.41, 5.74) is 1.22. The van der Waals surface area contributed by atoms with E-state index in [4.69, 9.17) is 4.74 Å². The number of ether oxygens (including phenoxy) is 1. The highest BCUT2D eigenvalue weighted by atomic mass is 16.5. The lowest BCUT2D eigenvalue weighted by Crippen LogP contribution is -2.04. The molecule has 0 spiro atoms. The van der Waals surface area contributed by atoms with Gasteiger partial charge in [0.15, 0.2) is 0 Å². The second-order valence-electron chi connectivity index (χ2n) is 3.22. The van der Waals surface area contributed by atoms with Gasteiger partial charge in [0.25, 0.3) is 0 Å². The monoisotopic (exact) mass is 204 g/mol. The topological polar surface area (TPSA) is 29.5 Å². The van der Waals surface area contributed by atoms with Crippen molar-refractivity contribution in [1.82, 2.24) is 0 Å². The molecular weight excluding hydrogens is 188 g/mol. The van der Waals surface area contributed by atoms with Crippen molar-refractivity contribution >= 4 is 0 Å². The summed E-state index contributed by atoms with van der Waals surface area (Å²) in [6, 6.07) is 10.1. The number of aliphatic hydroxyl groups is 1. The lowest BCUT2D eigenvalue weighted by atomic mass is 10.1. The van der Waals surface area contributed by atoms with Crippen LogP contribution in [0.15, 0.2) is 30.3 Å². The maximum atomic E-state index is 9.48. The molecule has 1 aromatic rings. The van der Waals surface area contributed by atoms with E-state index < -0.39 is 6.10 Å². The molecule has 1 aromatic carbocycles. The van der Waals surface area contributed by atoms with Gasteiger partial charge in [0, 0.05) is 0 Å². The van der Waals surface area contributed by atoms with Crippen LogP contribution in [-0.4, -0.2) is 17.8 Å². The van der Waals surface area contributed by atoms with E-state index in [1.807, 2.05) is 37.3 Å². The van der Waals surface area contributed by atoms with Gasteiger partial charge in [0.1, 0.15) is 12.2 Å². The molecule has 1 unspecified atom stereocenters. The normalized spacial score (nSPS) is 11.3. The van der Waals surface area contributed by atoms with Crippen molar-refractivity contribution < 1.29 is 9.84 Å². The molecule has 0 radical (unpaired) electrons. The van der Waals surface area contributed by atoms with Crippen molar-refractivity contribution in [2.45, 2.75) is 25.9 Å². The van der Waals surface area contributed by atoms with Crippen molar-refractivity contribution in [3.05, 3.63) is 35.9 Å². The molecule has 2 heteroatoms. The van der Waals surface area contributed by atoms with Gasteiger partial charge >= 0.3 is 0 Å². The van der Waals surface area contributed by atoms with Crippen LogP contribution < -0.4 is 0 Å². The fourth-order valence-electron chi connectivity index (χ4n) is 1.20. The molecule has 0 aliphatic heterocycles. The SMILES string of the molecule is CCOC#CC(O)CCc1ccccc1. The Labute approximate surface area is 90.9 Å². The van der Waals surface area contributed by atoms with Crippen molar-refractivity contribution in [3.63, 3.8) is 0 Å². The molecule has 0 bridgehead atoms. The quantitative estimate of drug-likeness (QED) is 0.760. The zero-order valence-corrected chi connectivity index (χ0v) is 8.94. The third-order valence-corrected chi connectivity index (χ3v) is 1.99. The van der Waals surface area contributed by atoms with E-state index in [-0.39, 0.29) is 0 Å². The minimum absolute atomic E-state index is 0.554. The number of benzene rings is 1. The Morgan fingerprint density at radius 1 is 1.33 bits per heavy atom. The second-order valence-corrected chi connectivity index (χ2v) is 3.22. The average Bonchev–Trinajstić information content (AvgIpc) is 2.28. The van der Waals surface area contributed by atoms with Crippen LogP contribution in [0.4, 0.5) is 0 Å². The van der Waals surface area contributed by atoms with Gasteiger partial charge in [-0.1, -0.05) is 30.3 Å². The first-order chi connectivity index (χ1) is 7.33. The van der Waals surface area contributed by atoms with Crippen LogP contribution >= 0.6 is 0 Å². The predicted octanol–water partition coefficient (Wildman–Crippen LogP) is 1.98. The molecule has 0 saturated carbocycles. The number of hydrogen-bond donors (Lipinski definition) is 1. The van der Waals surface area contributed by atoms with Gasteiger partial charge < -0.3 is 9.84 Å². The minimum Gasteiger partial charge on any atom is -0.447 e. The van der Waals surface area contributed by atoms with E-state index in [1.54, 1.807) is 0 Å². The highest BCUT2D eigenvalue weighted by Gasteiger charge is 1.99.